The number of aromatic nitrogens is 2. The molecular weight excluding hydrogens is 256 g/mol. The zero-order chi connectivity index (χ0) is 14.5. The highest BCUT2D eigenvalue weighted by atomic mass is 16.5. The molecule has 106 valence electrons. The molecule has 0 aliphatic heterocycles. The van der Waals surface area contributed by atoms with Gasteiger partial charge in [0.2, 0.25) is 0 Å². The fraction of sp³-hybridized carbons (Fsp3) is 0.333. The molecule has 1 heterocycles. The number of nitrogens with zero attached hydrogens (tertiary/aromatic N) is 2. The lowest BCUT2D eigenvalue weighted by atomic mass is 10.1. The van der Waals surface area contributed by atoms with Crippen molar-refractivity contribution in [1.82, 2.24) is 9.78 Å². The molecule has 0 aliphatic rings. The maximum atomic E-state index is 11.7. The standard InChI is InChI=1S/C15H18N2O3/c1-3-8-20-14-7-5-4-6-12(14)13-9-11(10-18)15(19)17(2)16-13/h4-7,9,18H,3,8,10H2,1-2H3. The average Bonchev–Trinajstić information content (AvgIpc) is 2.48. The van der Waals surface area contributed by atoms with Gasteiger partial charge in [-0.15, -0.1) is 0 Å². The minimum absolute atomic E-state index is 0.289. The smallest absolute Gasteiger partial charge is 0.272 e. The highest BCUT2D eigenvalue weighted by Gasteiger charge is 2.11. The molecule has 2 aromatic rings. The average molecular weight is 274 g/mol. The van der Waals surface area contributed by atoms with Gasteiger partial charge in [0.15, 0.2) is 0 Å². The number of ether oxygens (including phenoxy) is 1. The topological polar surface area (TPSA) is 64.3 Å². The molecular formula is C15H18N2O3. The summed E-state index contributed by atoms with van der Waals surface area (Å²) in [4.78, 5) is 11.7. The van der Waals surface area contributed by atoms with Crippen molar-refractivity contribution in [3.05, 3.63) is 46.2 Å². The van der Waals surface area contributed by atoms with E-state index in [4.69, 9.17) is 4.74 Å². The second kappa shape index (κ2) is 6.34. The summed E-state index contributed by atoms with van der Waals surface area (Å²) in [6.07, 6.45) is 0.914. The Kier molecular flexibility index (Phi) is 4.53. The van der Waals surface area contributed by atoms with E-state index in [0.29, 0.717) is 17.9 Å². The van der Waals surface area contributed by atoms with Gasteiger partial charge >= 0.3 is 0 Å². The Morgan fingerprint density at radius 3 is 2.80 bits per heavy atom. The summed E-state index contributed by atoms with van der Waals surface area (Å²) in [5.74, 6) is 0.726. The van der Waals surface area contributed by atoms with Crippen LogP contribution in [0.2, 0.25) is 0 Å². The lowest BCUT2D eigenvalue weighted by molar-refractivity contribution is 0.278. The molecule has 2 rings (SSSR count). The van der Waals surface area contributed by atoms with Gasteiger partial charge < -0.3 is 9.84 Å². The van der Waals surface area contributed by atoms with Crippen molar-refractivity contribution in [2.24, 2.45) is 7.05 Å². The van der Waals surface area contributed by atoms with Crippen molar-refractivity contribution in [1.29, 1.82) is 0 Å². The van der Waals surface area contributed by atoms with Gasteiger partial charge in [-0.2, -0.15) is 5.10 Å². The van der Waals surface area contributed by atoms with Crippen molar-refractivity contribution in [2.75, 3.05) is 6.61 Å². The maximum absolute atomic E-state index is 11.7. The highest BCUT2D eigenvalue weighted by molar-refractivity contribution is 5.67. The minimum atomic E-state index is -0.305. The van der Waals surface area contributed by atoms with Crippen LogP contribution in [-0.4, -0.2) is 21.5 Å². The SMILES string of the molecule is CCCOc1ccccc1-c1cc(CO)c(=O)n(C)n1. The molecule has 1 aromatic carbocycles. The van der Waals surface area contributed by atoms with Crippen molar-refractivity contribution in [2.45, 2.75) is 20.0 Å². The number of benzene rings is 1. The predicted molar refractivity (Wildman–Crippen MR) is 76.6 cm³/mol. The summed E-state index contributed by atoms with van der Waals surface area (Å²) < 4.78 is 6.93. The molecule has 20 heavy (non-hydrogen) atoms. The molecule has 1 N–H and O–H groups in total. The van der Waals surface area contributed by atoms with Gasteiger partial charge in [-0.05, 0) is 24.6 Å². The van der Waals surface area contributed by atoms with Crippen LogP contribution in [0, 0.1) is 0 Å². The van der Waals surface area contributed by atoms with E-state index >= 15 is 0 Å². The first kappa shape index (κ1) is 14.3. The second-order valence-corrected chi connectivity index (χ2v) is 4.49. The summed E-state index contributed by atoms with van der Waals surface area (Å²) in [5.41, 5.74) is 1.46. The molecule has 0 saturated heterocycles. The summed E-state index contributed by atoms with van der Waals surface area (Å²) in [6, 6.07) is 9.15. The van der Waals surface area contributed by atoms with E-state index in [-0.39, 0.29) is 12.2 Å². The summed E-state index contributed by atoms with van der Waals surface area (Å²) >= 11 is 0. The molecule has 0 atom stereocenters. The number of hydrogen-bond donors (Lipinski definition) is 1. The maximum Gasteiger partial charge on any atom is 0.272 e. The molecule has 0 fully saturated rings. The van der Waals surface area contributed by atoms with E-state index in [1.807, 2.05) is 31.2 Å². The van der Waals surface area contributed by atoms with Crippen LogP contribution in [0.1, 0.15) is 18.9 Å². The van der Waals surface area contributed by atoms with Gasteiger partial charge in [-0.25, -0.2) is 4.68 Å². The molecule has 0 aliphatic carbocycles. The Morgan fingerprint density at radius 1 is 1.35 bits per heavy atom. The molecule has 0 saturated carbocycles. The van der Waals surface area contributed by atoms with Crippen LogP contribution < -0.4 is 10.3 Å². The van der Waals surface area contributed by atoms with Crippen molar-refractivity contribution in [3.8, 4) is 17.0 Å². The third-order valence-electron chi connectivity index (χ3n) is 2.93. The van der Waals surface area contributed by atoms with Gasteiger partial charge in [0.1, 0.15) is 5.75 Å². The van der Waals surface area contributed by atoms with Gasteiger partial charge in [0.05, 0.1) is 18.9 Å². The van der Waals surface area contributed by atoms with Crippen LogP contribution in [0.5, 0.6) is 5.75 Å². The minimum Gasteiger partial charge on any atom is -0.493 e. The zero-order valence-electron chi connectivity index (χ0n) is 11.7. The molecule has 1 aromatic heterocycles. The summed E-state index contributed by atoms with van der Waals surface area (Å²) in [5, 5.41) is 13.5. The Labute approximate surface area is 117 Å². The fourth-order valence-electron chi connectivity index (χ4n) is 1.93. The molecule has 0 radical (unpaired) electrons. The van der Waals surface area contributed by atoms with Crippen LogP contribution in [0.4, 0.5) is 0 Å². The van der Waals surface area contributed by atoms with Crippen molar-refractivity contribution >= 4 is 0 Å². The molecule has 5 heteroatoms. The van der Waals surface area contributed by atoms with E-state index in [2.05, 4.69) is 5.10 Å². The van der Waals surface area contributed by atoms with E-state index < -0.39 is 0 Å². The predicted octanol–water partition coefficient (Wildman–Crippen LogP) is 1.73. The van der Waals surface area contributed by atoms with Gasteiger partial charge in [-0.3, -0.25) is 4.79 Å². The number of rotatable bonds is 5. The first-order valence-electron chi connectivity index (χ1n) is 6.57. The number of hydrogen-bond acceptors (Lipinski definition) is 4. The normalized spacial score (nSPS) is 10.6. The monoisotopic (exact) mass is 274 g/mol. The van der Waals surface area contributed by atoms with Crippen LogP contribution in [0.15, 0.2) is 35.1 Å². The fourth-order valence-corrected chi connectivity index (χ4v) is 1.93. The van der Waals surface area contributed by atoms with E-state index in [0.717, 1.165) is 17.7 Å². The van der Waals surface area contributed by atoms with Crippen molar-refractivity contribution < 1.29 is 9.84 Å². The third kappa shape index (κ3) is 2.88. The van der Waals surface area contributed by atoms with Gasteiger partial charge in [0, 0.05) is 18.2 Å². The number of aliphatic hydroxyl groups is 1. The van der Waals surface area contributed by atoms with Gasteiger partial charge in [0.25, 0.3) is 5.56 Å². The molecule has 0 bridgehead atoms. The zero-order valence-corrected chi connectivity index (χ0v) is 11.7. The van der Waals surface area contributed by atoms with E-state index in [1.165, 1.54) is 4.68 Å². The lowest BCUT2D eigenvalue weighted by Crippen LogP contribution is -2.23. The van der Waals surface area contributed by atoms with Crippen LogP contribution >= 0.6 is 0 Å². The van der Waals surface area contributed by atoms with Crippen LogP contribution in [0.3, 0.4) is 0 Å². The Bertz CT molecular complexity index is 650. The molecule has 0 amide bonds. The first-order chi connectivity index (χ1) is 9.67. The summed E-state index contributed by atoms with van der Waals surface area (Å²) in [7, 11) is 1.57. The second-order valence-electron chi connectivity index (χ2n) is 4.49. The number of para-hydroxylation sites is 1. The van der Waals surface area contributed by atoms with E-state index in [1.54, 1.807) is 13.1 Å². The quantitative estimate of drug-likeness (QED) is 0.901. The van der Waals surface area contributed by atoms with E-state index in [9.17, 15) is 9.90 Å². The number of aryl methyl sites for hydroxylation is 1. The van der Waals surface area contributed by atoms with Crippen LogP contribution in [0.25, 0.3) is 11.3 Å². The Morgan fingerprint density at radius 2 is 2.10 bits per heavy atom. The first-order valence-corrected chi connectivity index (χ1v) is 6.57. The Hall–Kier alpha value is -2.14. The third-order valence-corrected chi connectivity index (χ3v) is 2.93. The molecule has 0 unspecified atom stereocenters. The largest absolute Gasteiger partial charge is 0.493 e. The lowest BCUT2D eigenvalue weighted by Gasteiger charge is -2.11. The molecule has 0 spiro atoms. The Balaban J connectivity index is 2.51. The van der Waals surface area contributed by atoms with Gasteiger partial charge in [-0.1, -0.05) is 19.1 Å². The van der Waals surface area contributed by atoms with Crippen LogP contribution in [-0.2, 0) is 13.7 Å². The molecule has 5 nitrogen and oxygen atoms in total. The number of aliphatic hydroxyl groups excluding tert-OH is 1. The van der Waals surface area contributed by atoms with Crippen molar-refractivity contribution in [3.63, 3.8) is 0 Å². The summed E-state index contributed by atoms with van der Waals surface area (Å²) in [6.45, 7) is 2.35. The highest BCUT2D eigenvalue weighted by Crippen LogP contribution is 2.28.